The number of esters is 1. The van der Waals surface area contributed by atoms with E-state index < -0.39 is 34.3 Å². The summed E-state index contributed by atoms with van der Waals surface area (Å²) in [5, 5.41) is 2.41. The number of amides is 1. The van der Waals surface area contributed by atoms with Gasteiger partial charge in [0.05, 0.1) is 11.5 Å². The molecule has 2 aromatic rings. The summed E-state index contributed by atoms with van der Waals surface area (Å²) in [5.41, 5.74) is 1.07. The minimum Gasteiger partial charge on any atom is -0.467 e. The van der Waals surface area contributed by atoms with Gasteiger partial charge in [0.25, 0.3) is 5.91 Å². The van der Waals surface area contributed by atoms with Gasteiger partial charge >= 0.3 is 5.97 Å². The van der Waals surface area contributed by atoms with Gasteiger partial charge in [0.1, 0.15) is 24.7 Å². The van der Waals surface area contributed by atoms with E-state index in [1.54, 1.807) is 13.8 Å². The lowest BCUT2D eigenvalue weighted by Crippen LogP contribution is -2.31. The lowest BCUT2D eigenvalue weighted by Gasteiger charge is -2.20. The summed E-state index contributed by atoms with van der Waals surface area (Å²) in [5.74, 6) is -1.38. The number of hydrogen-bond donors (Lipinski definition) is 1. The molecule has 0 saturated carbocycles. The summed E-state index contributed by atoms with van der Waals surface area (Å²) < 4.78 is 55.7. The van der Waals surface area contributed by atoms with Crippen LogP contribution in [0, 0.1) is 5.82 Å². The third kappa shape index (κ3) is 5.86. The van der Waals surface area contributed by atoms with E-state index in [2.05, 4.69) is 5.32 Å². The molecule has 1 heterocycles. The highest BCUT2D eigenvalue weighted by molar-refractivity contribution is 7.89. The number of ether oxygens (including phenoxy) is 3. The molecule has 0 unspecified atom stereocenters. The molecule has 0 fully saturated rings. The number of nitrogens with one attached hydrogen (secondary N) is 1. The van der Waals surface area contributed by atoms with Crippen molar-refractivity contribution in [3.8, 4) is 5.75 Å². The first-order valence-electron chi connectivity index (χ1n) is 10.3. The number of hydrogen-bond acceptors (Lipinski definition) is 7. The Kier molecular flexibility index (Phi) is 8.01. The maximum Gasteiger partial charge on any atom is 0.325 e. The topological polar surface area (TPSA) is 111 Å². The first-order chi connectivity index (χ1) is 15.8. The predicted molar refractivity (Wildman–Crippen MR) is 115 cm³/mol. The molecule has 0 bridgehead atoms. The van der Waals surface area contributed by atoms with E-state index in [1.165, 1.54) is 40.7 Å². The molecular weight excluding hydrogens is 455 g/mol. The van der Waals surface area contributed by atoms with Crippen LogP contribution in [-0.2, 0) is 37.5 Å². The van der Waals surface area contributed by atoms with Crippen LogP contribution < -0.4 is 10.1 Å². The Labute approximate surface area is 191 Å². The molecule has 11 heteroatoms. The van der Waals surface area contributed by atoms with Crippen LogP contribution in [-0.4, -0.2) is 51.0 Å². The highest BCUT2D eigenvalue weighted by Crippen LogP contribution is 2.29. The zero-order chi connectivity index (χ0) is 24.0. The Bertz CT molecular complexity index is 1120. The fourth-order valence-electron chi connectivity index (χ4n) is 3.32. The molecule has 178 valence electrons. The summed E-state index contributed by atoms with van der Waals surface area (Å²) in [6, 6.07) is 7.93. The van der Waals surface area contributed by atoms with Gasteiger partial charge in [0.15, 0.2) is 6.79 Å². The molecule has 0 radical (unpaired) electrons. The van der Waals surface area contributed by atoms with Crippen molar-refractivity contribution in [2.75, 3.05) is 26.4 Å². The van der Waals surface area contributed by atoms with Crippen LogP contribution in [0.2, 0.25) is 0 Å². The first kappa shape index (κ1) is 24.6. The Balaban J connectivity index is 1.55. The number of nitrogens with zero attached hydrogens (tertiary/aromatic N) is 1. The number of benzene rings is 2. The van der Waals surface area contributed by atoms with Crippen LogP contribution >= 0.6 is 0 Å². The zero-order valence-corrected chi connectivity index (χ0v) is 19.1. The third-order valence-electron chi connectivity index (χ3n) is 4.99. The van der Waals surface area contributed by atoms with Crippen molar-refractivity contribution in [3.63, 3.8) is 0 Å². The van der Waals surface area contributed by atoms with E-state index in [1.807, 2.05) is 0 Å². The van der Waals surface area contributed by atoms with Gasteiger partial charge < -0.3 is 19.5 Å². The molecule has 33 heavy (non-hydrogen) atoms. The van der Waals surface area contributed by atoms with Crippen LogP contribution in [0.15, 0.2) is 41.3 Å². The SMILES string of the molecule is CCN(CC)S(=O)(=O)c1ccc(C(=O)NCC(=O)OCc2cc(F)cc3c2OCOC3)cc1. The van der Waals surface area contributed by atoms with Crippen molar-refractivity contribution in [1.82, 2.24) is 9.62 Å². The van der Waals surface area contributed by atoms with Gasteiger partial charge in [-0.15, -0.1) is 0 Å². The Morgan fingerprint density at radius 3 is 2.52 bits per heavy atom. The van der Waals surface area contributed by atoms with Crippen LogP contribution in [0.1, 0.15) is 35.3 Å². The molecule has 0 saturated heterocycles. The van der Waals surface area contributed by atoms with E-state index in [0.717, 1.165) is 0 Å². The maximum atomic E-state index is 13.8. The Morgan fingerprint density at radius 1 is 1.15 bits per heavy atom. The predicted octanol–water partition coefficient (Wildman–Crippen LogP) is 2.20. The van der Waals surface area contributed by atoms with E-state index in [9.17, 15) is 22.4 Å². The summed E-state index contributed by atoms with van der Waals surface area (Å²) in [7, 11) is -3.63. The number of fused-ring (bicyclic) bond motifs is 1. The van der Waals surface area contributed by atoms with Gasteiger partial charge in [-0.2, -0.15) is 4.31 Å². The molecule has 1 N–H and O–H groups in total. The van der Waals surface area contributed by atoms with Crippen molar-refractivity contribution >= 4 is 21.9 Å². The monoisotopic (exact) mass is 480 g/mol. The standard InChI is InChI=1S/C22H25FN2O7S/c1-3-25(4-2)33(28,29)19-7-5-15(6-8-19)22(27)24-11-20(26)31-13-17-10-18(23)9-16-12-30-14-32-21(16)17/h5-10H,3-4,11-14H2,1-2H3,(H,24,27). The average molecular weight is 481 g/mol. The molecule has 2 aromatic carbocycles. The minimum absolute atomic E-state index is 0.0185. The Morgan fingerprint density at radius 2 is 1.85 bits per heavy atom. The van der Waals surface area contributed by atoms with Gasteiger partial charge in [0.2, 0.25) is 10.0 Å². The quantitative estimate of drug-likeness (QED) is 0.548. The summed E-state index contributed by atoms with van der Waals surface area (Å²) in [4.78, 5) is 24.4. The van der Waals surface area contributed by atoms with E-state index in [-0.39, 0.29) is 30.5 Å². The number of rotatable bonds is 9. The second kappa shape index (κ2) is 10.7. The molecule has 1 amide bonds. The van der Waals surface area contributed by atoms with E-state index in [4.69, 9.17) is 14.2 Å². The average Bonchev–Trinajstić information content (AvgIpc) is 2.81. The maximum absolute atomic E-state index is 13.8. The van der Waals surface area contributed by atoms with Gasteiger partial charge in [0, 0.05) is 29.8 Å². The van der Waals surface area contributed by atoms with Gasteiger partial charge in [-0.05, 0) is 36.4 Å². The molecule has 0 atom stereocenters. The molecule has 0 spiro atoms. The number of halogens is 1. The third-order valence-corrected chi connectivity index (χ3v) is 7.06. The second-order valence-corrected chi connectivity index (χ2v) is 9.06. The lowest BCUT2D eigenvalue weighted by molar-refractivity contribution is -0.143. The molecular formula is C22H25FN2O7S. The molecule has 1 aliphatic heterocycles. The van der Waals surface area contributed by atoms with Crippen LogP contribution in [0.3, 0.4) is 0 Å². The van der Waals surface area contributed by atoms with Crippen molar-refractivity contribution in [2.24, 2.45) is 0 Å². The number of carbonyl (C=O) groups is 2. The van der Waals surface area contributed by atoms with E-state index >= 15 is 0 Å². The van der Waals surface area contributed by atoms with Gasteiger partial charge in [-0.25, -0.2) is 12.8 Å². The lowest BCUT2D eigenvalue weighted by atomic mass is 10.1. The fraction of sp³-hybridized carbons (Fsp3) is 0.364. The highest BCUT2D eigenvalue weighted by atomic mass is 32.2. The van der Waals surface area contributed by atoms with Crippen molar-refractivity contribution < 1.29 is 36.6 Å². The van der Waals surface area contributed by atoms with Crippen molar-refractivity contribution in [3.05, 3.63) is 58.9 Å². The first-order valence-corrected chi connectivity index (χ1v) is 11.8. The minimum atomic E-state index is -3.63. The molecule has 0 aliphatic carbocycles. The number of carbonyl (C=O) groups excluding carboxylic acids is 2. The zero-order valence-electron chi connectivity index (χ0n) is 18.3. The fourth-order valence-corrected chi connectivity index (χ4v) is 4.78. The van der Waals surface area contributed by atoms with Crippen LogP contribution in [0.4, 0.5) is 4.39 Å². The highest BCUT2D eigenvalue weighted by Gasteiger charge is 2.22. The molecule has 3 rings (SSSR count). The Hall–Kier alpha value is -3.02. The van der Waals surface area contributed by atoms with Gasteiger partial charge in [-0.1, -0.05) is 13.8 Å². The second-order valence-electron chi connectivity index (χ2n) is 7.12. The van der Waals surface area contributed by atoms with Crippen molar-refractivity contribution in [1.29, 1.82) is 0 Å². The molecule has 1 aliphatic rings. The van der Waals surface area contributed by atoms with Gasteiger partial charge in [-0.3, -0.25) is 9.59 Å². The van der Waals surface area contributed by atoms with Crippen LogP contribution in [0.25, 0.3) is 0 Å². The summed E-state index contributed by atoms with van der Waals surface area (Å²) >= 11 is 0. The van der Waals surface area contributed by atoms with Crippen molar-refractivity contribution in [2.45, 2.75) is 32.0 Å². The summed E-state index contributed by atoms with van der Waals surface area (Å²) in [6.07, 6.45) is 0. The number of sulfonamides is 1. The summed E-state index contributed by atoms with van der Waals surface area (Å²) in [6.45, 7) is 3.72. The smallest absolute Gasteiger partial charge is 0.325 e. The largest absolute Gasteiger partial charge is 0.467 e. The van der Waals surface area contributed by atoms with Crippen LogP contribution in [0.5, 0.6) is 5.75 Å². The molecule has 0 aromatic heterocycles. The normalized spacial score (nSPS) is 13.2. The van der Waals surface area contributed by atoms with E-state index in [0.29, 0.717) is 30.0 Å². The molecule has 9 nitrogen and oxygen atoms in total.